The van der Waals surface area contributed by atoms with Crippen molar-refractivity contribution in [3.8, 4) is 5.75 Å². The number of rotatable bonds is 5. The van der Waals surface area contributed by atoms with E-state index in [1.807, 2.05) is 13.8 Å². The zero-order valence-corrected chi connectivity index (χ0v) is 18.8. The predicted molar refractivity (Wildman–Crippen MR) is 122 cm³/mol. The van der Waals surface area contributed by atoms with Crippen LogP contribution in [0, 0.1) is 11.6 Å². The van der Waals surface area contributed by atoms with Gasteiger partial charge >= 0.3 is 0 Å². The van der Waals surface area contributed by atoms with Crippen LogP contribution in [-0.4, -0.2) is 28.9 Å². The zero-order chi connectivity index (χ0) is 24.6. The number of anilines is 1. The third-order valence-electron chi connectivity index (χ3n) is 5.76. The van der Waals surface area contributed by atoms with E-state index in [1.165, 1.54) is 19.5 Å². The molecule has 34 heavy (non-hydrogen) atoms. The number of carbonyl (C=O) groups excluding carboxylic acids is 2. The minimum absolute atomic E-state index is 0.0440. The van der Waals surface area contributed by atoms with Crippen molar-refractivity contribution in [2.75, 3.05) is 12.0 Å². The third kappa shape index (κ3) is 3.91. The molecule has 1 fully saturated rings. The van der Waals surface area contributed by atoms with Crippen molar-refractivity contribution in [2.24, 2.45) is 0 Å². The maximum atomic E-state index is 14.7. The van der Waals surface area contributed by atoms with Gasteiger partial charge in [0.2, 0.25) is 0 Å². The first kappa shape index (κ1) is 23.1. The molecule has 1 aliphatic rings. The molecule has 1 unspecified atom stereocenters. The van der Waals surface area contributed by atoms with Crippen molar-refractivity contribution in [3.63, 3.8) is 0 Å². The molecule has 0 saturated carbocycles. The summed E-state index contributed by atoms with van der Waals surface area (Å²) >= 11 is 0. The average Bonchev–Trinajstić information content (AvgIpc) is 3.10. The zero-order valence-electron chi connectivity index (χ0n) is 18.8. The number of nitrogens with zero attached hydrogens (tertiary/aromatic N) is 2. The molecule has 1 aromatic heterocycles. The molecule has 1 saturated heterocycles. The Bertz CT molecular complexity index is 1310. The maximum absolute atomic E-state index is 14.7. The lowest BCUT2D eigenvalue weighted by Crippen LogP contribution is -2.30. The molecular formula is C26H22F2N2O4. The molecule has 8 heteroatoms. The fourth-order valence-electron chi connectivity index (χ4n) is 4.10. The lowest BCUT2D eigenvalue weighted by molar-refractivity contribution is -0.132. The lowest BCUT2D eigenvalue weighted by Gasteiger charge is -2.25. The van der Waals surface area contributed by atoms with Gasteiger partial charge in [0, 0.05) is 24.0 Å². The van der Waals surface area contributed by atoms with E-state index in [2.05, 4.69) is 4.98 Å². The van der Waals surface area contributed by atoms with Gasteiger partial charge in [-0.3, -0.25) is 19.5 Å². The van der Waals surface area contributed by atoms with Crippen molar-refractivity contribution in [3.05, 3.63) is 94.8 Å². The van der Waals surface area contributed by atoms with E-state index in [1.54, 1.807) is 30.3 Å². The van der Waals surface area contributed by atoms with Crippen molar-refractivity contribution >= 4 is 23.1 Å². The second kappa shape index (κ2) is 9.05. The van der Waals surface area contributed by atoms with Crippen LogP contribution in [0.25, 0.3) is 5.76 Å². The number of aliphatic hydroxyl groups is 1. The Morgan fingerprint density at radius 1 is 1.06 bits per heavy atom. The molecule has 0 aliphatic carbocycles. The highest BCUT2D eigenvalue weighted by Gasteiger charge is 2.47. The smallest absolute Gasteiger partial charge is 0.300 e. The first-order valence-electron chi connectivity index (χ1n) is 10.6. The van der Waals surface area contributed by atoms with Gasteiger partial charge in [-0.2, -0.15) is 0 Å². The minimum atomic E-state index is -1.19. The molecule has 0 spiro atoms. The van der Waals surface area contributed by atoms with Gasteiger partial charge in [-0.1, -0.05) is 13.8 Å². The number of benzene rings is 2. The number of carbonyl (C=O) groups is 2. The highest BCUT2D eigenvalue weighted by atomic mass is 19.1. The number of pyridine rings is 1. The molecule has 2 aromatic carbocycles. The van der Waals surface area contributed by atoms with Gasteiger partial charge in [-0.15, -0.1) is 0 Å². The van der Waals surface area contributed by atoms with Crippen LogP contribution in [0.1, 0.15) is 42.5 Å². The Morgan fingerprint density at radius 3 is 2.41 bits per heavy atom. The van der Waals surface area contributed by atoms with Gasteiger partial charge in [0.15, 0.2) is 0 Å². The van der Waals surface area contributed by atoms with Crippen molar-refractivity contribution in [1.82, 2.24) is 4.98 Å². The fraction of sp³-hybridized carbons (Fsp3) is 0.192. The summed E-state index contributed by atoms with van der Waals surface area (Å²) in [4.78, 5) is 31.1. The van der Waals surface area contributed by atoms with Crippen LogP contribution in [0.2, 0.25) is 0 Å². The van der Waals surface area contributed by atoms with Gasteiger partial charge in [0.25, 0.3) is 11.7 Å². The second-order valence-electron chi connectivity index (χ2n) is 8.16. The van der Waals surface area contributed by atoms with E-state index in [4.69, 9.17) is 4.74 Å². The summed E-state index contributed by atoms with van der Waals surface area (Å²) in [7, 11) is 1.53. The number of halogens is 2. The van der Waals surface area contributed by atoms with E-state index >= 15 is 0 Å². The molecule has 3 aromatic rings. The van der Waals surface area contributed by atoms with Crippen molar-refractivity contribution in [1.29, 1.82) is 0 Å². The van der Waals surface area contributed by atoms with E-state index in [9.17, 15) is 23.5 Å². The molecular weight excluding hydrogens is 442 g/mol. The van der Waals surface area contributed by atoms with Gasteiger partial charge in [-0.25, -0.2) is 8.78 Å². The largest absolute Gasteiger partial charge is 0.507 e. The van der Waals surface area contributed by atoms with E-state index in [0.29, 0.717) is 16.9 Å². The topological polar surface area (TPSA) is 79.7 Å². The van der Waals surface area contributed by atoms with Crippen LogP contribution in [-0.2, 0) is 9.59 Å². The number of hydrogen-bond donors (Lipinski definition) is 1. The summed E-state index contributed by atoms with van der Waals surface area (Å²) in [6, 6.07) is 9.45. The van der Waals surface area contributed by atoms with Gasteiger partial charge in [0.1, 0.15) is 23.1 Å². The summed E-state index contributed by atoms with van der Waals surface area (Å²) in [5.74, 6) is -3.52. The summed E-state index contributed by atoms with van der Waals surface area (Å²) in [5, 5.41) is 11.3. The molecule has 0 radical (unpaired) electrons. The van der Waals surface area contributed by atoms with Gasteiger partial charge < -0.3 is 9.84 Å². The number of aliphatic hydroxyl groups excluding tert-OH is 1. The number of amides is 1. The summed E-state index contributed by atoms with van der Waals surface area (Å²) in [5.41, 5.74) is 0.844. The number of Topliss-reactive ketones (excluding diaryl/α,β-unsaturated/α-hetero) is 1. The number of ether oxygens (including phenoxy) is 1. The Labute approximate surface area is 195 Å². The number of methoxy groups -OCH3 is 1. The maximum Gasteiger partial charge on any atom is 0.300 e. The quantitative estimate of drug-likeness (QED) is 0.322. The van der Waals surface area contributed by atoms with Crippen LogP contribution in [0.15, 0.2) is 66.5 Å². The Kier molecular flexibility index (Phi) is 6.15. The Morgan fingerprint density at radius 2 is 1.76 bits per heavy atom. The van der Waals surface area contributed by atoms with Gasteiger partial charge in [0.05, 0.1) is 24.4 Å². The molecule has 2 heterocycles. The van der Waals surface area contributed by atoms with Crippen LogP contribution in [0.5, 0.6) is 5.75 Å². The molecule has 1 amide bonds. The highest BCUT2D eigenvalue weighted by molar-refractivity contribution is 6.51. The number of aromatic nitrogens is 1. The van der Waals surface area contributed by atoms with Crippen LogP contribution < -0.4 is 9.64 Å². The van der Waals surface area contributed by atoms with Crippen molar-refractivity contribution < 1.29 is 28.2 Å². The highest BCUT2D eigenvalue weighted by Crippen LogP contribution is 2.43. The summed E-state index contributed by atoms with van der Waals surface area (Å²) in [6.45, 7) is 3.90. The molecule has 174 valence electrons. The third-order valence-corrected chi connectivity index (χ3v) is 5.76. The first-order valence-corrected chi connectivity index (χ1v) is 10.6. The number of hydrogen-bond acceptors (Lipinski definition) is 5. The first-order chi connectivity index (χ1) is 16.2. The van der Waals surface area contributed by atoms with Crippen LogP contribution in [0.4, 0.5) is 14.5 Å². The van der Waals surface area contributed by atoms with Crippen molar-refractivity contribution in [2.45, 2.75) is 25.8 Å². The average molecular weight is 464 g/mol. The van der Waals surface area contributed by atoms with Crippen LogP contribution >= 0.6 is 0 Å². The molecule has 1 N–H and O–H groups in total. The van der Waals surface area contributed by atoms with E-state index < -0.39 is 40.8 Å². The molecule has 1 aliphatic heterocycles. The lowest BCUT2D eigenvalue weighted by atomic mass is 9.93. The Balaban J connectivity index is 1.97. The second-order valence-corrected chi connectivity index (χ2v) is 8.16. The van der Waals surface area contributed by atoms with E-state index in [-0.39, 0.29) is 11.5 Å². The summed E-state index contributed by atoms with van der Waals surface area (Å²) in [6.07, 6.45) is 2.89. The fourth-order valence-corrected chi connectivity index (χ4v) is 4.10. The van der Waals surface area contributed by atoms with E-state index in [0.717, 1.165) is 28.7 Å². The molecule has 0 bridgehead atoms. The molecule has 1 atom stereocenters. The SMILES string of the molecule is COc1ccc(/C(O)=C2/C(=O)C(=O)N(c3cc(F)ccc3F)C2c2ccncc2)cc1C(C)C. The predicted octanol–water partition coefficient (Wildman–Crippen LogP) is 5.12. The van der Waals surface area contributed by atoms with Gasteiger partial charge in [-0.05, 0) is 59.5 Å². The van der Waals surface area contributed by atoms with Crippen LogP contribution in [0.3, 0.4) is 0 Å². The minimum Gasteiger partial charge on any atom is -0.507 e. The summed E-state index contributed by atoms with van der Waals surface area (Å²) < 4.78 is 34.1. The molecule has 4 rings (SSSR count). The monoisotopic (exact) mass is 464 g/mol. The Hall–Kier alpha value is -4.07. The normalized spacial score (nSPS) is 17.5. The number of ketones is 1. The molecule has 6 nitrogen and oxygen atoms in total. The standard InChI is InChI=1S/C26H22F2N2O4/c1-14(2)18-12-16(4-7-21(18)34-3)24(31)22-23(15-8-10-29-11-9-15)30(26(33)25(22)32)20-13-17(27)5-6-19(20)28/h4-14,23,31H,1-3H3/b24-22-.